The maximum Gasteiger partial charge on any atom is 0.327 e. The molecular formula is C13H17N3O3S. The van der Waals surface area contributed by atoms with E-state index in [1.165, 1.54) is 4.90 Å². The summed E-state index contributed by atoms with van der Waals surface area (Å²) >= 11 is 1.56. The van der Waals surface area contributed by atoms with Crippen LogP contribution in [0.3, 0.4) is 0 Å². The lowest BCUT2D eigenvalue weighted by molar-refractivity contribution is -0.141. The van der Waals surface area contributed by atoms with E-state index in [-0.39, 0.29) is 5.91 Å². The Morgan fingerprint density at radius 3 is 2.90 bits per heavy atom. The smallest absolute Gasteiger partial charge is 0.327 e. The second-order valence-corrected chi connectivity index (χ2v) is 5.78. The highest BCUT2D eigenvalue weighted by Gasteiger charge is 2.33. The van der Waals surface area contributed by atoms with Crippen molar-refractivity contribution in [2.45, 2.75) is 26.3 Å². The first-order valence-corrected chi connectivity index (χ1v) is 7.64. The standard InChI is InChI=1S/C13H17N3O3S/c1-3-10-9(6-8(2)14-15-10)12(17)16-4-5-20-7-11(16)13(18)19/h6,11H,3-5,7H2,1-2H3,(H,18,19). The minimum absolute atomic E-state index is 0.257. The molecule has 1 amide bonds. The largest absolute Gasteiger partial charge is 0.480 e. The van der Waals surface area contributed by atoms with Crippen molar-refractivity contribution in [3.05, 3.63) is 23.0 Å². The Morgan fingerprint density at radius 2 is 2.25 bits per heavy atom. The number of hydrogen-bond acceptors (Lipinski definition) is 5. The number of amides is 1. The Hall–Kier alpha value is -1.63. The molecular weight excluding hydrogens is 278 g/mol. The molecule has 1 aromatic rings. The number of aromatic nitrogens is 2. The molecule has 1 aliphatic heterocycles. The van der Waals surface area contributed by atoms with Crippen LogP contribution in [-0.2, 0) is 11.2 Å². The van der Waals surface area contributed by atoms with Gasteiger partial charge in [0.25, 0.3) is 5.91 Å². The second kappa shape index (κ2) is 6.21. The zero-order valence-corrected chi connectivity index (χ0v) is 12.3. The topological polar surface area (TPSA) is 83.4 Å². The Balaban J connectivity index is 2.34. The van der Waals surface area contributed by atoms with Crippen molar-refractivity contribution in [2.75, 3.05) is 18.1 Å². The maximum absolute atomic E-state index is 12.6. The number of nitrogens with zero attached hydrogens (tertiary/aromatic N) is 3. The van der Waals surface area contributed by atoms with Gasteiger partial charge < -0.3 is 10.0 Å². The maximum atomic E-state index is 12.6. The Morgan fingerprint density at radius 1 is 1.50 bits per heavy atom. The van der Waals surface area contributed by atoms with E-state index >= 15 is 0 Å². The first kappa shape index (κ1) is 14.8. The number of hydrogen-bond donors (Lipinski definition) is 1. The van der Waals surface area contributed by atoms with Gasteiger partial charge >= 0.3 is 5.97 Å². The van der Waals surface area contributed by atoms with Crippen molar-refractivity contribution >= 4 is 23.6 Å². The quantitative estimate of drug-likeness (QED) is 0.895. The van der Waals surface area contributed by atoms with Crippen molar-refractivity contribution < 1.29 is 14.7 Å². The van der Waals surface area contributed by atoms with Crippen molar-refractivity contribution in [1.29, 1.82) is 0 Å². The summed E-state index contributed by atoms with van der Waals surface area (Å²) in [6, 6.07) is 0.925. The van der Waals surface area contributed by atoms with Crippen molar-refractivity contribution in [2.24, 2.45) is 0 Å². The molecule has 0 radical (unpaired) electrons. The Labute approximate surface area is 121 Å². The Kier molecular flexibility index (Phi) is 4.59. The minimum Gasteiger partial charge on any atom is -0.480 e. The molecule has 1 aliphatic rings. The van der Waals surface area contributed by atoms with Crippen molar-refractivity contribution in [1.82, 2.24) is 15.1 Å². The van der Waals surface area contributed by atoms with E-state index in [1.54, 1.807) is 24.8 Å². The van der Waals surface area contributed by atoms with E-state index < -0.39 is 12.0 Å². The molecule has 7 heteroatoms. The van der Waals surface area contributed by atoms with E-state index in [0.29, 0.717) is 35.7 Å². The molecule has 1 atom stereocenters. The van der Waals surface area contributed by atoms with Gasteiger partial charge in [-0.15, -0.1) is 0 Å². The Bertz CT molecular complexity index is 536. The summed E-state index contributed by atoms with van der Waals surface area (Å²) in [5.74, 6) is -0.0241. The molecule has 1 N–H and O–H groups in total. The molecule has 108 valence electrons. The second-order valence-electron chi connectivity index (χ2n) is 4.63. The molecule has 0 bridgehead atoms. The van der Waals surface area contributed by atoms with Crippen LogP contribution in [0.5, 0.6) is 0 Å². The van der Waals surface area contributed by atoms with Crippen molar-refractivity contribution in [3.8, 4) is 0 Å². The average molecular weight is 295 g/mol. The molecule has 2 rings (SSSR count). The summed E-state index contributed by atoms with van der Waals surface area (Å²) in [5.41, 5.74) is 1.74. The normalized spacial score (nSPS) is 18.9. The highest BCUT2D eigenvalue weighted by atomic mass is 32.2. The fourth-order valence-electron chi connectivity index (χ4n) is 2.17. The highest BCUT2D eigenvalue weighted by Crippen LogP contribution is 2.20. The lowest BCUT2D eigenvalue weighted by Gasteiger charge is -2.32. The summed E-state index contributed by atoms with van der Waals surface area (Å²) in [7, 11) is 0. The number of carbonyl (C=O) groups excluding carboxylic acids is 1. The zero-order chi connectivity index (χ0) is 14.7. The lowest BCUT2D eigenvalue weighted by atomic mass is 10.1. The molecule has 0 aliphatic carbocycles. The SMILES string of the molecule is CCc1nnc(C)cc1C(=O)N1CCSCC1C(=O)O. The van der Waals surface area contributed by atoms with Crippen LogP contribution in [0.1, 0.15) is 28.7 Å². The van der Waals surface area contributed by atoms with E-state index in [2.05, 4.69) is 10.2 Å². The first-order chi connectivity index (χ1) is 9.54. The fourth-order valence-corrected chi connectivity index (χ4v) is 3.20. The first-order valence-electron chi connectivity index (χ1n) is 6.49. The van der Waals surface area contributed by atoms with Crippen LogP contribution < -0.4 is 0 Å². The van der Waals surface area contributed by atoms with Crippen molar-refractivity contribution in [3.63, 3.8) is 0 Å². The number of aliphatic carboxylic acids is 1. The van der Waals surface area contributed by atoms with Gasteiger partial charge in [0.2, 0.25) is 0 Å². The van der Waals surface area contributed by atoms with Gasteiger partial charge in [0.15, 0.2) is 0 Å². The summed E-state index contributed by atoms with van der Waals surface area (Å²) in [4.78, 5) is 25.4. The lowest BCUT2D eigenvalue weighted by Crippen LogP contribution is -2.50. The fraction of sp³-hybridized carbons (Fsp3) is 0.538. The number of thioether (sulfide) groups is 1. The molecule has 1 aromatic heterocycles. The van der Waals surface area contributed by atoms with Gasteiger partial charge in [-0.1, -0.05) is 6.92 Å². The number of carbonyl (C=O) groups is 2. The molecule has 0 saturated carbocycles. The molecule has 0 spiro atoms. The molecule has 1 saturated heterocycles. The van der Waals surface area contributed by atoms with E-state index in [4.69, 9.17) is 0 Å². The van der Waals surface area contributed by atoms with Crippen LogP contribution in [-0.4, -0.2) is 56.2 Å². The number of carboxylic acid groups (broad SMARTS) is 1. The summed E-state index contributed by atoms with van der Waals surface area (Å²) in [6.07, 6.45) is 0.592. The summed E-state index contributed by atoms with van der Waals surface area (Å²) < 4.78 is 0. The van der Waals surface area contributed by atoms with Gasteiger partial charge in [0.1, 0.15) is 6.04 Å². The minimum atomic E-state index is -0.956. The van der Waals surface area contributed by atoms with Gasteiger partial charge in [-0.3, -0.25) is 4.79 Å². The van der Waals surface area contributed by atoms with E-state index in [1.807, 2.05) is 6.92 Å². The summed E-state index contributed by atoms with van der Waals surface area (Å²) in [5, 5.41) is 17.2. The third-order valence-corrected chi connectivity index (χ3v) is 4.25. The van der Waals surface area contributed by atoms with Crippen LogP contribution >= 0.6 is 11.8 Å². The van der Waals surface area contributed by atoms with Gasteiger partial charge in [-0.2, -0.15) is 22.0 Å². The van der Waals surface area contributed by atoms with E-state index in [9.17, 15) is 14.7 Å². The van der Waals surface area contributed by atoms with Gasteiger partial charge in [0, 0.05) is 18.1 Å². The molecule has 1 unspecified atom stereocenters. The highest BCUT2D eigenvalue weighted by molar-refractivity contribution is 7.99. The number of carboxylic acids is 1. The molecule has 20 heavy (non-hydrogen) atoms. The third kappa shape index (κ3) is 2.92. The molecule has 2 heterocycles. The third-order valence-electron chi connectivity index (χ3n) is 3.23. The van der Waals surface area contributed by atoms with Gasteiger partial charge in [-0.25, -0.2) is 4.79 Å². The summed E-state index contributed by atoms with van der Waals surface area (Å²) in [6.45, 7) is 4.12. The van der Waals surface area contributed by atoms with Crippen LogP contribution in [0.15, 0.2) is 6.07 Å². The molecule has 1 fully saturated rings. The van der Waals surface area contributed by atoms with Crippen LogP contribution in [0.4, 0.5) is 0 Å². The van der Waals surface area contributed by atoms with Gasteiger partial charge in [-0.05, 0) is 19.4 Å². The zero-order valence-electron chi connectivity index (χ0n) is 11.5. The predicted molar refractivity (Wildman–Crippen MR) is 75.9 cm³/mol. The van der Waals surface area contributed by atoms with Gasteiger partial charge in [0.05, 0.1) is 17.0 Å². The monoisotopic (exact) mass is 295 g/mol. The number of aryl methyl sites for hydroxylation is 2. The predicted octanol–water partition coefficient (Wildman–Crippen LogP) is 0.990. The van der Waals surface area contributed by atoms with Crippen LogP contribution in [0.25, 0.3) is 0 Å². The molecule has 6 nitrogen and oxygen atoms in total. The molecule has 0 aromatic carbocycles. The average Bonchev–Trinajstić information content (AvgIpc) is 2.46. The van der Waals surface area contributed by atoms with E-state index in [0.717, 1.165) is 5.75 Å². The van der Waals surface area contributed by atoms with Crippen LogP contribution in [0.2, 0.25) is 0 Å². The number of rotatable bonds is 3. The van der Waals surface area contributed by atoms with Crippen LogP contribution in [0, 0.1) is 6.92 Å².